The maximum absolute atomic E-state index is 13.5. The molecule has 0 amide bonds. The number of carbonyl (C=O) groups excluding carboxylic acids is 1. The quantitative estimate of drug-likeness (QED) is 0.807. The van der Waals surface area contributed by atoms with E-state index in [0.29, 0.717) is 22.0 Å². The van der Waals surface area contributed by atoms with Crippen LogP contribution in [-0.4, -0.2) is 11.3 Å². The van der Waals surface area contributed by atoms with E-state index in [9.17, 15) is 9.18 Å². The van der Waals surface area contributed by atoms with Gasteiger partial charge in [-0.05, 0) is 31.2 Å². The van der Waals surface area contributed by atoms with Crippen LogP contribution >= 0.6 is 15.9 Å². The standard InChI is InChI=1S/C13H9BrFNO2/c1-8-9(7-17)2-5-13(16-8)18-12-4-3-10(14)6-11(12)15/h2-7H,1H3. The lowest BCUT2D eigenvalue weighted by molar-refractivity contribution is 0.112. The summed E-state index contributed by atoms with van der Waals surface area (Å²) in [5, 5.41) is 0. The smallest absolute Gasteiger partial charge is 0.219 e. The second-order valence-electron chi connectivity index (χ2n) is 3.62. The van der Waals surface area contributed by atoms with Crippen LogP contribution in [0, 0.1) is 12.7 Å². The van der Waals surface area contributed by atoms with E-state index in [0.717, 1.165) is 0 Å². The van der Waals surface area contributed by atoms with Crippen LogP contribution in [0.4, 0.5) is 4.39 Å². The SMILES string of the molecule is Cc1nc(Oc2ccc(Br)cc2F)ccc1C=O. The number of rotatable bonds is 3. The Morgan fingerprint density at radius 3 is 2.72 bits per heavy atom. The summed E-state index contributed by atoms with van der Waals surface area (Å²) in [6.07, 6.45) is 0.715. The molecule has 0 atom stereocenters. The van der Waals surface area contributed by atoms with Gasteiger partial charge in [0.1, 0.15) is 0 Å². The molecule has 2 aromatic rings. The molecule has 0 aliphatic carbocycles. The van der Waals surface area contributed by atoms with E-state index in [-0.39, 0.29) is 11.6 Å². The second-order valence-corrected chi connectivity index (χ2v) is 4.53. The van der Waals surface area contributed by atoms with Crippen molar-refractivity contribution >= 4 is 22.2 Å². The van der Waals surface area contributed by atoms with E-state index in [1.807, 2.05) is 0 Å². The zero-order valence-corrected chi connectivity index (χ0v) is 11.1. The van der Waals surface area contributed by atoms with E-state index in [1.165, 1.54) is 18.2 Å². The molecule has 0 aliphatic heterocycles. The van der Waals surface area contributed by atoms with Crippen LogP contribution in [0.1, 0.15) is 16.1 Å². The highest BCUT2D eigenvalue weighted by Crippen LogP contribution is 2.26. The topological polar surface area (TPSA) is 39.2 Å². The summed E-state index contributed by atoms with van der Waals surface area (Å²) in [7, 11) is 0. The Balaban J connectivity index is 2.28. The zero-order valence-electron chi connectivity index (χ0n) is 9.48. The van der Waals surface area contributed by atoms with Gasteiger partial charge in [0.2, 0.25) is 5.88 Å². The summed E-state index contributed by atoms with van der Waals surface area (Å²) in [6.45, 7) is 1.69. The molecule has 1 aromatic carbocycles. The minimum Gasteiger partial charge on any atom is -0.436 e. The summed E-state index contributed by atoms with van der Waals surface area (Å²) in [5.74, 6) is -0.147. The Labute approximate surface area is 112 Å². The first-order valence-corrected chi connectivity index (χ1v) is 5.95. The minimum absolute atomic E-state index is 0.0870. The molecule has 3 nitrogen and oxygen atoms in total. The molecule has 0 fully saturated rings. The third-order valence-electron chi connectivity index (χ3n) is 2.34. The summed E-state index contributed by atoms with van der Waals surface area (Å²) < 4.78 is 19.5. The number of ether oxygens (including phenoxy) is 1. The van der Waals surface area contributed by atoms with Crippen LogP contribution in [0.2, 0.25) is 0 Å². The van der Waals surface area contributed by atoms with Crippen molar-refractivity contribution < 1.29 is 13.9 Å². The molecule has 0 spiro atoms. The lowest BCUT2D eigenvalue weighted by atomic mass is 10.2. The average Bonchev–Trinajstić information content (AvgIpc) is 2.33. The summed E-state index contributed by atoms with van der Waals surface area (Å²) in [4.78, 5) is 14.7. The van der Waals surface area contributed by atoms with Crippen molar-refractivity contribution in [2.24, 2.45) is 0 Å². The first-order chi connectivity index (χ1) is 8.60. The fourth-order valence-electron chi connectivity index (χ4n) is 1.40. The maximum atomic E-state index is 13.5. The molecule has 1 aromatic heterocycles. The van der Waals surface area contributed by atoms with Crippen LogP contribution in [0.5, 0.6) is 11.6 Å². The van der Waals surface area contributed by atoms with Crippen LogP contribution in [0.15, 0.2) is 34.8 Å². The van der Waals surface area contributed by atoms with Gasteiger partial charge in [0.25, 0.3) is 0 Å². The Morgan fingerprint density at radius 2 is 2.11 bits per heavy atom. The number of carbonyl (C=O) groups is 1. The van der Waals surface area contributed by atoms with E-state index in [4.69, 9.17) is 4.74 Å². The van der Waals surface area contributed by atoms with Gasteiger partial charge in [-0.25, -0.2) is 9.37 Å². The number of aldehydes is 1. The molecule has 5 heteroatoms. The van der Waals surface area contributed by atoms with E-state index in [2.05, 4.69) is 20.9 Å². The average molecular weight is 310 g/mol. The molecule has 0 N–H and O–H groups in total. The van der Waals surface area contributed by atoms with Crippen molar-refractivity contribution in [3.63, 3.8) is 0 Å². The van der Waals surface area contributed by atoms with Crippen molar-refractivity contribution in [2.75, 3.05) is 0 Å². The molecule has 0 radical (unpaired) electrons. The molecule has 92 valence electrons. The number of benzene rings is 1. The lowest BCUT2D eigenvalue weighted by Gasteiger charge is -2.07. The Kier molecular flexibility index (Phi) is 3.72. The molecule has 0 aliphatic rings. The van der Waals surface area contributed by atoms with Crippen molar-refractivity contribution in [1.29, 1.82) is 0 Å². The highest BCUT2D eigenvalue weighted by molar-refractivity contribution is 9.10. The molecule has 0 saturated heterocycles. The van der Waals surface area contributed by atoms with Crippen LogP contribution in [0.3, 0.4) is 0 Å². The predicted octanol–water partition coefficient (Wildman–Crippen LogP) is 3.90. The summed E-state index contributed by atoms with van der Waals surface area (Å²) in [5.41, 5.74) is 1.03. The summed E-state index contributed by atoms with van der Waals surface area (Å²) >= 11 is 3.16. The van der Waals surface area contributed by atoms with Crippen LogP contribution < -0.4 is 4.74 Å². The number of aryl methyl sites for hydroxylation is 1. The number of halogens is 2. The van der Waals surface area contributed by atoms with Gasteiger partial charge in [-0.1, -0.05) is 15.9 Å². The Morgan fingerprint density at radius 1 is 1.33 bits per heavy atom. The van der Waals surface area contributed by atoms with Crippen LogP contribution in [-0.2, 0) is 0 Å². The molecular weight excluding hydrogens is 301 g/mol. The minimum atomic E-state index is -0.483. The van der Waals surface area contributed by atoms with E-state index < -0.39 is 5.82 Å². The third-order valence-corrected chi connectivity index (χ3v) is 2.83. The first kappa shape index (κ1) is 12.7. The Bertz CT molecular complexity index is 602. The highest BCUT2D eigenvalue weighted by atomic mass is 79.9. The molecule has 1 heterocycles. The van der Waals surface area contributed by atoms with Gasteiger partial charge in [-0.3, -0.25) is 4.79 Å². The molecule has 18 heavy (non-hydrogen) atoms. The highest BCUT2D eigenvalue weighted by Gasteiger charge is 2.07. The number of nitrogens with zero attached hydrogens (tertiary/aromatic N) is 1. The van der Waals surface area contributed by atoms with Gasteiger partial charge in [0.05, 0.1) is 5.69 Å². The van der Waals surface area contributed by atoms with Crippen molar-refractivity contribution in [2.45, 2.75) is 6.92 Å². The van der Waals surface area contributed by atoms with Crippen molar-refractivity contribution in [3.05, 3.63) is 51.9 Å². The number of aromatic nitrogens is 1. The molecule has 0 unspecified atom stereocenters. The Hall–Kier alpha value is -1.75. The fourth-order valence-corrected chi connectivity index (χ4v) is 1.73. The third kappa shape index (κ3) is 2.73. The monoisotopic (exact) mass is 309 g/mol. The van der Waals surface area contributed by atoms with Gasteiger partial charge >= 0.3 is 0 Å². The first-order valence-electron chi connectivity index (χ1n) is 5.16. The summed E-state index contributed by atoms with van der Waals surface area (Å²) in [6, 6.07) is 7.59. The maximum Gasteiger partial charge on any atom is 0.219 e. The van der Waals surface area contributed by atoms with Gasteiger partial charge in [-0.2, -0.15) is 0 Å². The molecule has 0 bridgehead atoms. The molecule has 2 rings (SSSR count). The van der Waals surface area contributed by atoms with E-state index >= 15 is 0 Å². The van der Waals surface area contributed by atoms with E-state index in [1.54, 1.807) is 19.1 Å². The molecular formula is C13H9BrFNO2. The van der Waals surface area contributed by atoms with Crippen molar-refractivity contribution in [1.82, 2.24) is 4.98 Å². The molecule has 0 saturated carbocycles. The predicted molar refractivity (Wildman–Crippen MR) is 68.5 cm³/mol. The van der Waals surface area contributed by atoms with Gasteiger partial charge in [0, 0.05) is 16.1 Å². The second kappa shape index (κ2) is 5.27. The number of hydrogen-bond donors (Lipinski definition) is 0. The van der Waals surface area contributed by atoms with Gasteiger partial charge < -0.3 is 4.74 Å². The van der Waals surface area contributed by atoms with Gasteiger partial charge in [0.15, 0.2) is 17.9 Å². The van der Waals surface area contributed by atoms with Gasteiger partial charge in [-0.15, -0.1) is 0 Å². The fraction of sp³-hybridized carbons (Fsp3) is 0.0769. The zero-order chi connectivity index (χ0) is 13.1. The van der Waals surface area contributed by atoms with Crippen LogP contribution in [0.25, 0.3) is 0 Å². The normalized spacial score (nSPS) is 10.2. The van der Waals surface area contributed by atoms with Crippen molar-refractivity contribution in [3.8, 4) is 11.6 Å². The lowest BCUT2D eigenvalue weighted by Crippen LogP contribution is -1.95. The number of pyridine rings is 1. The largest absolute Gasteiger partial charge is 0.436 e. The number of hydrogen-bond acceptors (Lipinski definition) is 3.